The highest BCUT2D eigenvalue weighted by Crippen LogP contribution is 2.36. The molecule has 0 aliphatic rings. The Bertz CT molecular complexity index is 620. The van der Waals surface area contributed by atoms with Crippen LogP contribution in [0.1, 0.15) is 11.6 Å². The number of hydrogen-bond acceptors (Lipinski definition) is 6. The minimum atomic E-state index is -2.00. The molecular formula is C7H2Cl3N7O. The fraction of sp³-hybridized carbons (Fsp3) is 0.143. The summed E-state index contributed by atoms with van der Waals surface area (Å²) in [5.74, 6) is -0.602. The van der Waals surface area contributed by atoms with Gasteiger partial charge in [0.2, 0.25) is 3.79 Å². The van der Waals surface area contributed by atoms with E-state index in [0.717, 1.165) is 17.3 Å². The van der Waals surface area contributed by atoms with Crippen LogP contribution >= 0.6 is 34.8 Å². The summed E-state index contributed by atoms with van der Waals surface area (Å²) in [4.78, 5) is 19.2. The molecule has 0 saturated heterocycles. The first-order valence-corrected chi connectivity index (χ1v) is 5.40. The summed E-state index contributed by atoms with van der Waals surface area (Å²) in [6, 6.07) is 0.868. The van der Waals surface area contributed by atoms with Gasteiger partial charge in [-0.05, 0) is 0 Å². The Morgan fingerprint density at radius 3 is 2.67 bits per heavy atom. The third-order valence-electron chi connectivity index (χ3n) is 1.76. The zero-order chi connectivity index (χ0) is 13.3. The summed E-state index contributed by atoms with van der Waals surface area (Å²) in [5.41, 5.74) is 0. The third kappa shape index (κ3) is 2.28. The molecule has 2 rings (SSSR count). The lowest BCUT2D eigenvalue weighted by Crippen LogP contribution is -2.26. The summed E-state index contributed by atoms with van der Waals surface area (Å²) in [7, 11) is 0. The molecule has 0 fully saturated rings. The van der Waals surface area contributed by atoms with Crippen LogP contribution in [-0.2, 0) is 3.79 Å². The van der Waals surface area contributed by atoms with Crippen LogP contribution < -0.4 is 0 Å². The quantitative estimate of drug-likeness (QED) is 0.675. The van der Waals surface area contributed by atoms with Gasteiger partial charge >= 0.3 is 6.03 Å². The minimum Gasteiger partial charge on any atom is -0.243 e. The molecule has 0 aliphatic heterocycles. The van der Waals surface area contributed by atoms with E-state index in [1.165, 1.54) is 0 Å². The first-order chi connectivity index (χ1) is 8.43. The smallest absolute Gasteiger partial charge is 0.243 e. The van der Waals surface area contributed by atoms with Crippen LogP contribution in [0.15, 0.2) is 12.7 Å². The highest BCUT2D eigenvalue weighted by molar-refractivity contribution is 6.66. The molecule has 11 heteroatoms. The summed E-state index contributed by atoms with van der Waals surface area (Å²) >= 11 is 16.9. The SMILES string of the molecule is N#Cc1nc(C(Cl)(Cl)Cl)n(C(=O)n2cncn2)n1. The summed E-state index contributed by atoms with van der Waals surface area (Å²) in [5, 5.41) is 15.9. The Morgan fingerprint density at radius 2 is 2.17 bits per heavy atom. The van der Waals surface area contributed by atoms with Crippen LogP contribution in [0.25, 0.3) is 0 Å². The second-order valence-electron chi connectivity index (χ2n) is 2.90. The maximum Gasteiger partial charge on any atom is 0.372 e. The maximum absolute atomic E-state index is 11.9. The molecule has 92 valence electrons. The van der Waals surface area contributed by atoms with Crippen LogP contribution in [0.4, 0.5) is 4.79 Å². The third-order valence-corrected chi connectivity index (χ3v) is 2.26. The predicted octanol–water partition coefficient (Wildman–Crippen LogP) is 1.08. The zero-order valence-corrected chi connectivity index (χ0v) is 10.6. The molecule has 2 aromatic heterocycles. The maximum atomic E-state index is 11.9. The van der Waals surface area contributed by atoms with Gasteiger partial charge in [0.15, 0.2) is 5.82 Å². The van der Waals surface area contributed by atoms with Crippen LogP contribution in [0.5, 0.6) is 0 Å². The first kappa shape index (κ1) is 12.8. The van der Waals surface area contributed by atoms with Crippen molar-refractivity contribution in [3.05, 3.63) is 24.3 Å². The van der Waals surface area contributed by atoms with Gasteiger partial charge in [0.1, 0.15) is 18.7 Å². The molecule has 18 heavy (non-hydrogen) atoms. The van der Waals surface area contributed by atoms with Gasteiger partial charge in [0.25, 0.3) is 5.82 Å². The van der Waals surface area contributed by atoms with Crippen LogP contribution in [-0.4, -0.2) is 35.6 Å². The monoisotopic (exact) mass is 305 g/mol. The molecule has 0 amide bonds. The number of alkyl halides is 3. The van der Waals surface area contributed by atoms with E-state index in [0.29, 0.717) is 4.68 Å². The normalized spacial score (nSPS) is 11.2. The van der Waals surface area contributed by atoms with E-state index in [-0.39, 0.29) is 11.6 Å². The molecular weight excluding hydrogens is 304 g/mol. The molecule has 0 aromatic carbocycles. The molecule has 8 nitrogen and oxygen atoms in total. The Morgan fingerprint density at radius 1 is 1.44 bits per heavy atom. The number of carbonyl (C=O) groups is 1. The fourth-order valence-corrected chi connectivity index (χ4v) is 1.45. The van der Waals surface area contributed by atoms with Crippen molar-refractivity contribution in [2.45, 2.75) is 3.79 Å². The van der Waals surface area contributed by atoms with Crippen LogP contribution in [0.3, 0.4) is 0 Å². The van der Waals surface area contributed by atoms with Crippen molar-refractivity contribution in [1.82, 2.24) is 29.5 Å². The highest BCUT2D eigenvalue weighted by atomic mass is 35.6. The van der Waals surface area contributed by atoms with Gasteiger partial charge in [-0.25, -0.2) is 9.78 Å². The number of halogens is 3. The van der Waals surface area contributed by atoms with Crippen molar-refractivity contribution >= 4 is 40.8 Å². The summed E-state index contributed by atoms with van der Waals surface area (Å²) in [6.07, 6.45) is 2.28. The number of hydrogen-bond donors (Lipinski definition) is 0. The molecule has 0 unspecified atom stereocenters. The Hall–Kier alpha value is -1.69. The minimum absolute atomic E-state index is 0.301. The number of nitrogens with zero attached hydrogens (tertiary/aromatic N) is 7. The number of nitriles is 1. The van der Waals surface area contributed by atoms with Crippen molar-refractivity contribution in [3.8, 4) is 6.07 Å². The summed E-state index contributed by atoms with van der Waals surface area (Å²) in [6.45, 7) is 0. The standard InChI is InChI=1S/C7H2Cl3N7O/c8-7(9,10)5-14-4(1-11)15-17(5)6(18)16-3-12-2-13-16/h2-3H. The molecule has 2 aromatic rings. The van der Waals surface area contributed by atoms with Gasteiger partial charge in [-0.3, -0.25) is 0 Å². The molecule has 0 spiro atoms. The van der Waals surface area contributed by atoms with E-state index in [2.05, 4.69) is 20.2 Å². The lowest BCUT2D eigenvalue weighted by atomic mass is 10.6. The largest absolute Gasteiger partial charge is 0.372 e. The van der Waals surface area contributed by atoms with Crippen LogP contribution in [0.2, 0.25) is 0 Å². The molecule has 0 radical (unpaired) electrons. The number of aromatic nitrogens is 6. The van der Waals surface area contributed by atoms with Crippen molar-refractivity contribution in [1.29, 1.82) is 5.26 Å². The Labute approximate surface area is 115 Å². The van der Waals surface area contributed by atoms with Crippen molar-refractivity contribution in [2.75, 3.05) is 0 Å². The van der Waals surface area contributed by atoms with Crippen molar-refractivity contribution < 1.29 is 4.79 Å². The van der Waals surface area contributed by atoms with Gasteiger partial charge in [-0.2, -0.15) is 24.7 Å². The Balaban J connectivity index is 2.54. The van der Waals surface area contributed by atoms with E-state index >= 15 is 0 Å². The van der Waals surface area contributed by atoms with E-state index in [1.54, 1.807) is 6.07 Å². The lowest BCUT2D eigenvalue weighted by Gasteiger charge is -2.09. The van der Waals surface area contributed by atoms with Crippen molar-refractivity contribution in [3.63, 3.8) is 0 Å². The van der Waals surface area contributed by atoms with Gasteiger partial charge in [0.05, 0.1) is 0 Å². The van der Waals surface area contributed by atoms with E-state index in [4.69, 9.17) is 40.1 Å². The first-order valence-electron chi connectivity index (χ1n) is 4.27. The van der Waals surface area contributed by atoms with Gasteiger partial charge < -0.3 is 0 Å². The number of carbonyl (C=O) groups excluding carboxylic acids is 1. The topological polar surface area (TPSA) is 102 Å². The van der Waals surface area contributed by atoms with Gasteiger partial charge in [0, 0.05) is 0 Å². The van der Waals surface area contributed by atoms with Gasteiger partial charge in [-0.1, -0.05) is 34.8 Å². The lowest BCUT2D eigenvalue weighted by molar-refractivity contribution is 0.237. The molecule has 0 N–H and O–H groups in total. The van der Waals surface area contributed by atoms with E-state index in [9.17, 15) is 4.79 Å². The van der Waals surface area contributed by atoms with Crippen LogP contribution in [0, 0.1) is 11.3 Å². The predicted molar refractivity (Wildman–Crippen MR) is 60.2 cm³/mol. The average Bonchev–Trinajstić information content (AvgIpc) is 2.96. The summed E-state index contributed by atoms with van der Waals surface area (Å²) < 4.78 is -0.464. The fourth-order valence-electron chi connectivity index (χ4n) is 1.08. The molecule has 2 heterocycles. The average molecular weight is 306 g/mol. The van der Waals surface area contributed by atoms with E-state index in [1.807, 2.05) is 0 Å². The Kier molecular flexibility index (Phi) is 3.21. The number of rotatable bonds is 0. The van der Waals surface area contributed by atoms with Crippen molar-refractivity contribution in [2.24, 2.45) is 0 Å². The second-order valence-corrected chi connectivity index (χ2v) is 5.18. The van der Waals surface area contributed by atoms with E-state index < -0.39 is 9.82 Å². The zero-order valence-electron chi connectivity index (χ0n) is 8.33. The second kappa shape index (κ2) is 4.53. The van der Waals surface area contributed by atoms with Gasteiger partial charge in [-0.15, -0.1) is 5.10 Å². The molecule has 0 aliphatic carbocycles. The molecule has 0 bridgehead atoms. The molecule has 0 atom stereocenters. The molecule has 0 saturated carbocycles. The highest BCUT2D eigenvalue weighted by Gasteiger charge is 2.33.